The molecule has 0 unspecified atom stereocenters. The van der Waals surface area contributed by atoms with E-state index in [0.717, 1.165) is 6.04 Å². The largest absolute Gasteiger partial charge is 0.314 e. The van der Waals surface area contributed by atoms with Gasteiger partial charge in [0.2, 0.25) is 0 Å². The molecule has 0 spiro atoms. The molecule has 1 N–H and O–H groups in total. The fraction of sp³-hybridized carbons (Fsp3) is 0.667. The summed E-state index contributed by atoms with van der Waals surface area (Å²) in [7, 11) is 0. The second-order valence-corrected chi connectivity index (χ2v) is 7.20. The summed E-state index contributed by atoms with van der Waals surface area (Å²) < 4.78 is 0. The van der Waals surface area contributed by atoms with Crippen LogP contribution in [0.2, 0.25) is 0 Å². The first-order valence-corrected chi connectivity index (χ1v) is 7.67. The third-order valence-corrected chi connectivity index (χ3v) is 4.31. The Kier molecular flexibility index (Phi) is 4.35. The molecule has 0 heterocycles. The van der Waals surface area contributed by atoms with Gasteiger partial charge in [-0.15, -0.1) is 0 Å². The summed E-state index contributed by atoms with van der Waals surface area (Å²) in [6.07, 6.45) is 5.22. The van der Waals surface area contributed by atoms with Crippen LogP contribution in [0.4, 0.5) is 0 Å². The van der Waals surface area contributed by atoms with Crippen LogP contribution >= 0.6 is 0 Å². The highest BCUT2D eigenvalue weighted by molar-refractivity contribution is 5.38. The van der Waals surface area contributed by atoms with Gasteiger partial charge in [-0.2, -0.15) is 0 Å². The van der Waals surface area contributed by atoms with Crippen molar-refractivity contribution in [2.45, 2.75) is 66.3 Å². The number of rotatable bonds is 6. The highest BCUT2D eigenvalue weighted by Gasteiger charge is 2.24. The minimum Gasteiger partial charge on any atom is -0.314 e. The minimum atomic E-state index is 0.382. The number of aryl methyl sites for hydroxylation is 3. The summed E-state index contributed by atoms with van der Waals surface area (Å²) in [4.78, 5) is 0. The maximum absolute atomic E-state index is 3.64. The number of hydrogen-bond donors (Lipinski definition) is 1. The van der Waals surface area contributed by atoms with Crippen LogP contribution in [0.5, 0.6) is 0 Å². The second kappa shape index (κ2) is 5.66. The maximum Gasteiger partial charge on any atom is 0.00682 e. The Morgan fingerprint density at radius 3 is 2.21 bits per heavy atom. The first-order chi connectivity index (χ1) is 8.87. The van der Waals surface area contributed by atoms with Crippen LogP contribution in [0.15, 0.2) is 12.1 Å². The Bertz CT molecular complexity index is 418. The van der Waals surface area contributed by atoms with Crippen molar-refractivity contribution >= 4 is 0 Å². The monoisotopic (exact) mass is 259 g/mol. The summed E-state index contributed by atoms with van der Waals surface area (Å²) in [5, 5.41) is 3.64. The average molecular weight is 259 g/mol. The van der Waals surface area contributed by atoms with Gasteiger partial charge in [0.1, 0.15) is 0 Å². The zero-order valence-electron chi connectivity index (χ0n) is 13.3. The van der Waals surface area contributed by atoms with Crippen LogP contribution in [-0.2, 0) is 6.42 Å². The highest BCUT2D eigenvalue weighted by atomic mass is 14.9. The topological polar surface area (TPSA) is 12.0 Å². The van der Waals surface area contributed by atoms with Crippen molar-refractivity contribution < 1.29 is 0 Å². The van der Waals surface area contributed by atoms with Crippen molar-refractivity contribution in [3.8, 4) is 0 Å². The number of benzene rings is 1. The summed E-state index contributed by atoms with van der Waals surface area (Å²) >= 11 is 0. The van der Waals surface area contributed by atoms with Crippen molar-refractivity contribution in [3.63, 3.8) is 0 Å². The lowest BCUT2D eigenvalue weighted by Crippen LogP contribution is -2.25. The second-order valence-electron chi connectivity index (χ2n) is 7.20. The average Bonchev–Trinajstić information content (AvgIpc) is 3.07. The Balaban J connectivity index is 1.97. The number of nitrogens with one attached hydrogen (secondary N) is 1. The lowest BCUT2D eigenvalue weighted by molar-refractivity contribution is 0.324. The molecule has 0 aliphatic heterocycles. The molecule has 0 amide bonds. The molecule has 1 nitrogen and oxygen atoms in total. The van der Waals surface area contributed by atoms with Crippen LogP contribution in [0.3, 0.4) is 0 Å². The van der Waals surface area contributed by atoms with Crippen LogP contribution < -0.4 is 5.32 Å². The van der Waals surface area contributed by atoms with Gasteiger partial charge in [-0.05, 0) is 75.1 Å². The van der Waals surface area contributed by atoms with Crippen LogP contribution in [0.25, 0.3) is 0 Å². The zero-order chi connectivity index (χ0) is 14.0. The van der Waals surface area contributed by atoms with E-state index >= 15 is 0 Å². The molecule has 1 saturated carbocycles. The summed E-state index contributed by atoms with van der Waals surface area (Å²) in [6, 6.07) is 5.47. The van der Waals surface area contributed by atoms with Crippen molar-refractivity contribution in [1.29, 1.82) is 0 Å². The molecule has 106 valence electrons. The van der Waals surface area contributed by atoms with Crippen LogP contribution in [-0.4, -0.2) is 12.6 Å². The molecule has 0 saturated heterocycles. The van der Waals surface area contributed by atoms with Crippen molar-refractivity contribution in [2.24, 2.45) is 5.41 Å². The quantitative estimate of drug-likeness (QED) is 0.802. The van der Waals surface area contributed by atoms with Gasteiger partial charge in [-0.1, -0.05) is 31.5 Å². The van der Waals surface area contributed by atoms with E-state index in [9.17, 15) is 0 Å². The normalized spacial score (nSPS) is 15.8. The molecule has 1 fully saturated rings. The van der Waals surface area contributed by atoms with Gasteiger partial charge in [-0.3, -0.25) is 0 Å². The molecular formula is C18H29N. The van der Waals surface area contributed by atoms with Gasteiger partial charge in [0.05, 0.1) is 0 Å². The van der Waals surface area contributed by atoms with Gasteiger partial charge in [0.15, 0.2) is 0 Å². The van der Waals surface area contributed by atoms with Crippen molar-refractivity contribution in [3.05, 3.63) is 34.4 Å². The summed E-state index contributed by atoms with van der Waals surface area (Å²) in [6.45, 7) is 12.7. The van der Waals surface area contributed by atoms with Gasteiger partial charge in [-0.25, -0.2) is 0 Å². The van der Waals surface area contributed by atoms with E-state index in [1.165, 1.54) is 48.9 Å². The van der Waals surface area contributed by atoms with Crippen LogP contribution in [0, 0.1) is 26.2 Å². The van der Waals surface area contributed by atoms with E-state index in [0.29, 0.717) is 5.41 Å². The van der Waals surface area contributed by atoms with E-state index in [2.05, 4.69) is 52.1 Å². The molecule has 0 atom stereocenters. The Morgan fingerprint density at radius 1 is 1.11 bits per heavy atom. The van der Waals surface area contributed by atoms with E-state index in [4.69, 9.17) is 0 Å². The lowest BCUT2D eigenvalue weighted by atomic mass is 9.80. The maximum atomic E-state index is 3.64. The molecule has 19 heavy (non-hydrogen) atoms. The van der Waals surface area contributed by atoms with E-state index in [1.54, 1.807) is 5.56 Å². The van der Waals surface area contributed by atoms with E-state index in [-0.39, 0.29) is 0 Å². The summed E-state index contributed by atoms with van der Waals surface area (Å²) in [5.74, 6) is 0. The zero-order valence-corrected chi connectivity index (χ0v) is 13.3. The molecule has 2 rings (SSSR count). The Labute approximate surface area is 118 Å². The third-order valence-electron chi connectivity index (χ3n) is 4.31. The van der Waals surface area contributed by atoms with Crippen LogP contribution in [0.1, 0.15) is 55.4 Å². The fourth-order valence-corrected chi connectivity index (χ4v) is 2.96. The lowest BCUT2D eigenvalue weighted by Gasteiger charge is -2.27. The molecule has 1 heteroatoms. The van der Waals surface area contributed by atoms with Gasteiger partial charge < -0.3 is 5.32 Å². The molecule has 0 radical (unpaired) electrons. The number of hydrogen-bond acceptors (Lipinski definition) is 1. The SMILES string of the molecule is Cc1cc(C)c(CC(C)(C)CCNC2CC2)c(C)c1. The predicted molar refractivity (Wildman–Crippen MR) is 83.8 cm³/mol. The molecular weight excluding hydrogens is 230 g/mol. The molecule has 1 aromatic rings. The van der Waals surface area contributed by atoms with Gasteiger partial charge in [0, 0.05) is 6.04 Å². The Hall–Kier alpha value is -0.820. The van der Waals surface area contributed by atoms with Gasteiger partial charge >= 0.3 is 0 Å². The Morgan fingerprint density at radius 2 is 1.68 bits per heavy atom. The molecule has 1 aromatic carbocycles. The predicted octanol–water partition coefficient (Wildman–Crippen LogP) is 4.32. The fourth-order valence-electron chi connectivity index (χ4n) is 2.96. The molecule has 0 bridgehead atoms. The molecule has 1 aliphatic rings. The van der Waals surface area contributed by atoms with Crippen molar-refractivity contribution in [1.82, 2.24) is 5.32 Å². The highest BCUT2D eigenvalue weighted by Crippen LogP contribution is 2.30. The smallest absolute Gasteiger partial charge is 0.00682 e. The summed E-state index contributed by atoms with van der Waals surface area (Å²) in [5.41, 5.74) is 6.24. The first kappa shape index (κ1) is 14.6. The minimum absolute atomic E-state index is 0.382. The molecule has 1 aliphatic carbocycles. The van der Waals surface area contributed by atoms with E-state index in [1.807, 2.05) is 0 Å². The standard InChI is InChI=1S/C18H29N/c1-13-10-14(2)17(15(3)11-13)12-18(4,5)8-9-19-16-6-7-16/h10-11,16,19H,6-9,12H2,1-5H3. The molecule has 0 aromatic heterocycles. The third kappa shape index (κ3) is 4.35. The van der Waals surface area contributed by atoms with Crippen molar-refractivity contribution in [2.75, 3.05) is 6.54 Å². The van der Waals surface area contributed by atoms with E-state index < -0.39 is 0 Å². The first-order valence-electron chi connectivity index (χ1n) is 7.67. The van der Waals surface area contributed by atoms with Gasteiger partial charge in [0.25, 0.3) is 0 Å².